The first-order valence-electron chi connectivity index (χ1n) is 5.72. The molecule has 0 aliphatic carbocycles. The first-order valence-corrected chi connectivity index (χ1v) is 6.10. The minimum Gasteiger partial charge on any atom is -0.338 e. The molecule has 1 atom stereocenters. The van der Waals surface area contributed by atoms with Crippen LogP contribution in [-0.4, -0.2) is 28.8 Å². The summed E-state index contributed by atoms with van der Waals surface area (Å²) in [5.74, 6) is 0.126. The quantitative estimate of drug-likeness (QED) is 0.612. The SMILES string of the molecule is CC1CCN(C(=O)c2cc(Cl)ccc2[N+](=O)[O-])C1. The zero-order valence-electron chi connectivity index (χ0n) is 9.93. The second-order valence-corrected chi connectivity index (χ2v) is 5.00. The number of carbonyl (C=O) groups is 1. The first-order chi connectivity index (χ1) is 8.49. The van der Waals surface area contributed by atoms with Gasteiger partial charge < -0.3 is 4.90 Å². The molecule has 96 valence electrons. The van der Waals surface area contributed by atoms with Crippen LogP contribution in [0.15, 0.2) is 18.2 Å². The van der Waals surface area contributed by atoms with Gasteiger partial charge >= 0.3 is 0 Å². The molecule has 0 aromatic heterocycles. The van der Waals surface area contributed by atoms with E-state index in [9.17, 15) is 14.9 Å². The third kappa shape index (κ3) is 2.46. The van der Waals surface area contributed by atoms with Crippen LogP contribution >= 0.6 is 11.6 Å². The highest BCUT2D eigenvalue weighted by Gasteiger charge is 2.29. The molecule has 18 heavy (non-hydrogen) atoms. The number of amides is 1. The Kier molecular flexibility index (Phi) is 3.52. The van der Waals surface area contributed by atoms with Crippen LogP contribution in [-0.2, 0) is 0 Å². The highest BCUT2D eigenvalue weighted by molar-refractivity contribution is 6.31. The van der Waals surface area contributed by atoms with Gasteiger partial charge in [-0.15, -0.1) is 0 Å². The van der Waals surface area contributed by atoms with Gasteiger partial charge in [0.1, 0.15) is 5.56 Å². The van der Waals surface area contributed by atoms with Crippen molar-refractivity contribution in [3.63, 3.8) is 0 Å². The van der Waals surface area contributed by atoms with Gasteiger partial charge in [-0.25, -0.2) is 0 Å². The summed E-state index contributed by atoms with van der Waals surface area (Å²) in [6, 6.07) is 4.06. The Hall–Kier alpha value is -1.62. The summed E-state index contributed by atoms with van der Waals surface area (Å²) in [5.41, 5.74) is -0.120. The molecule has 0 saturated carbocycles. The van der Waals surface area contributed by atoms with Crippen LogP contribution in [0.1, 0.15) is 23.7 Å². The zero-order valence-corrected chi connectivity index (χ0v) is 10.7. The number of benzene rings is 1. The lowest BCUT2D eigenvalue weighted by Crippen LogP contribution is -2.29. The summed E-state index contributed by atoms with van der Waals surface area (Å²) >= 11 is 5.81. The Balaban J connectivity index is 2.34. The molecule has 0 radical (unpaired) electrons. The van der Waals surface area contributed by atoms with Crippen molar-refractivity contribution in [2.24, 2.45) is 5.92 Å². The number of rotatable bonds is 2. The smallest absolute Gasteiger partial charge is 0.282 e. The van der Waals surface area contributed by atoms with Crippen LogP contribution in [0.5, 0.6) is 0 Å². The number of nitro groups is 1. The summed E-state index contributed by atoms with van der Waals surface area (Å²) in [6.45, 7) is 3.34. The van der Waals surface area contributed by atoms with Crippen LogP contribution < -0.4 is 0 Å². The van der Waals surface area contributed by atoms with Crippen molar-refractivity contribution >= 4 is 23.2 Å². The number of carbonyl (C=O) groups excluding carboxylic acids is 1. The molecule has 1 aromatic carbocycles. The molecule has 1 saturated heterocycles. The highest BCUT2D eigenvalue weighted by Crippen LogP contribution is 2.26. The molecular weight excluding hydrogens is 256 g/mol. The van der Waals surface area contributed by atoms with E-state index < -0.39 is 4.92 Å². The van der Waals surface area contributed by atoms with Crippen molar-refractivity contribution in [1.29, 1.82) is 0 Å². The van der Waals surface area contributed by atoms with E-state index in [-0.39, 0.29) is 17.2 Å². The molecule has 1 aliphatic rings. The molecule has 6 heteroatoms. The van der Waals surface area contributed by atoms with Gasteiger partial charge in [0, 0.05) is 24.2 Å². The number of likely N-dealkylation sites (tertiary alicyclic amines) is 1. The first kappa shape index (κ1) is 12.8. The third-order valence-electron chi connectivity index (χ3n) is 3.10. The normalized spacial score (nSPS) is 19.0. The Bertz CT molecular complexity index is 504. The Labute approximate surface area is 109 Å². The standard InChI is InChI=1S/C12H13ClN2O3/c1-8-4-5-14(7-8)12(16)10-6-9(13)2-3-11(10)15(17)18/h2-3,6,8H,4-5,7H2,1H3. The largest absolute Gasteiger partial charge is 0.338 e. The second kappa shape index (κ2) is 4.94. The van der Waals surface area contributed by atoms with Gasteiger partial charge in [0.05, 0.1) is 4.92 Å². The van der Waals surface area contributed by atoms with E-state index in [1.165, 1.54) is 18.2 Å². The lowest BCUT2D eigenvalue weighted by Gasteiger charge is -2.15. The van der Waals surface area contributed by atoms with Crippen molar-refractivity contribution in [3.05, 3.63) is 38.9 Å². The maximum absolute atomic E-state index is 12.2. The van der Waals surface area contributed by atoms with E-state index in [0.29, 0.717) is 24.0 Å². The van der Waals surface area contributed by atoms with Crippen LogP contribution in [0.3, 0.4) is 0 Å². The lowest BCUT2D eigenvalue weighted by molar-refractivity contribution is -0.385. The van der Waals surface area contributed by atoms with E-state index in [2.05, 4.69) is 6.92 Å². The summed E-state index contributed by atoms with van der Waals surface area (Å²) in [6.07, 6.45) is 0.931. The minimum atomic E-state index is -0.553. The molecular formula is C12H13ClN2O3. The van der Waals surface area contributed by atoms with Crippen molar-refractivity contribution in [3.8, 4) is 0 Å². The van der Waals surface area contributed by atoms with Crippen molar-refractivity contribution in [2.45, 2.75) is 13.3 Å². The molecule has 2 rings (SSSR count). The topological polar surface area (TPSA) is 63.5 Å². The molecule has 5 nitrogen and oxygen atoms in total. The van der Waals surface area contributed by atoms with E-state index in [0.717, 1.165) is 6.42 Å². The van der Waals surface area contributed by atoms with Crippen LogP contribution in [0, 0.1) is 16.0 Å². The van der Waals surface area contributed by atoms with Crippen LogP contribution in [0.2, 0.25) is 5.02 Å². The zero-order chi connectivity index (χ0) is 13.3. The van der Waals surface area contributed by atoms with Gasteiger partial charge in [-0.2, -0.15) is 0 Å². The molecule has 0 bridgehead atoms. The average Bonchev–Trinajstić information content (AvgIpc) is 2.74. The fourth-order valence-corrected chi connectivity index (χ4v) is 2.30. The molecule has 1 fully saturated rings. The molecule has 1 amide bonds. The maximum atomic E-state index is 12.2. The molecule has 1 aromatic rings. The van der Waals surface area contributed by atoms with Gasteiger partial charge in [-0.3, -0.25) is 14.9 Å². The Morgan fingerprint density at radius 3 is 2.83 bits per heavy atom. The third-order valence-corrected chi connectivity index (χ3v) is 3.33. The van der Waals surface area contributed by atoms with Crippen molar-refractivity contribution in [1.82, 2.24) is 4.90 Å². The monoisotopic (exact) mass is 268 g/mol. The highest BCUT2D eigenvalue weighted by atomic mass is 35.5. The second-order valence-electron chi connectivity index (χ2n) is 4.56. The summed E-state index contributed by atoms with van der Waals surface area (Å²) < 4.78 is 0. The summed E-state index contributed by atoms with van der Waals surface area (Å²) in [4.78, 5) is 24.2. The maximum Gasteiger partial charge on any atom is 0.282 e. The molecule has 1 aliphatic heterocycles. The predicted octanol–water partition coefficient (Wildman–Crippen LogP) is 2.73. The molecule has 1 unspecified atom stereocenters. The molecule has 0 N–H and O–H groups in total. The van der Waals surface area contributed by atoms with Crippen LogP contribution in [0.25, 0.3) is 0 Å². The summed E-state index contributed by atoms with van der Waals surface area (Å²) in [5, 5.41) is 11.2. The predicted molar refractivity (Wildman–Crippen MR) is 67.8 cm³/mol. The van der Waals surface area contributed by atoms with Crippen LogP contribution in [0.4, 0.5) is 5.69 Å². The Morgan fingerprint density at radius 1 is 1.56 bits per heavy atom. The lowest BCUT2D eigenvalue weighted by atomic mass is 10.1. The Morgan fingerprint density at radius 2 is 2.28 bits per heavy atom. The molecule has 1 heterocycles. The van der Waals surface area contributed by atoms with Gasteiger partial charge in [0.2, 0.25) is 0 Å². The number of halogens is 1. The average molecular weight is 269 g/mol. The fraction of sp³-hybridized carbons (Fsp3) is 0.417. The van der Waals surface area contributed by atoms with E-state index in [4.69, 9.17) is 11.6 Å². The minimum absolute atomic E-state index is 0.0709. The van der Waals surface area contributed by atoms with E-state index in [1.807, 2.05) is 0 Å². The summed E-state index contributed by atoms with van der Waals surface area (Å²) in [7, 11) is 0. The number of nitro benzene ring substituents is 1. The van der Waals surface area contributed by atoms with Crippen molar-refractivity contribution in [2.75, 3.05) is 13.1 Å². The van der Waals surface area contributed by atoms with Gasteiger partial charge in [0.15, 0.2) is 0 Å². The number of nitrogens with zero attached hydrogens (tertiary/aromatic N) is 2. The number of hydrogen-bond donors (Lipinski definition) is 0. The number of hydrogen-bond acceptors (Lipinski definition) is 3. The van der Waals surface area contributed by atoms with Gasteiger partial charge in [-0.05, 0) is 24.5 Å². The van der Waals surface area contributed by atoms with Crippen molar-refractivity contribution < 1.29 is 9.72 Å². The van der Waals surface area contributed by atoms with Gasteiger partial charge in [0.25, 0.3) is 11.6 Å². The van der Waals surface area contributed by atoms with E-state index >= 15 is 0 Å². The van der Waals surface area contributed by atoms with Gasteiger partial charge in [-0.1, -0.05) is 18.5 Å². The van der Waals surface area contributed by atoms with E-state index in [1.54, 1.807) is 4.90 Å². The molecule has 0 spiro atoms. The fourth-order valence-electron chi connectivity index (χ4n) is 2.13.